The van der Waals surface area contributed by atoms with Crippen LogP contribution in [0, 0.1) is 0 Å². The van der Waals surface area contributed by atoms with Gasteiger partial charge >= 0.3 is 5.97 Å². The second-order valence-corrected chi connectivity index (χ2v) is 10.6. The van der Waals surface area contributed by atoms with Crippen molar-refractivity contribution in [3.63, 3.8) is 0 Å². The molecule has 1 spiro atoms. The van der Waals surface area contributed by atoms with E-state index < -0.39 is 57.5 Å². The van der Waals surface area contributed by atoms with E-state index in [9.17, 15) is 28.5 Å². The van der Waals surface area contributed by atoms with Gasteiger partial charge in [0.1, 0.15) is 17.0 Å². The maximum atomic E-state index is 13.0. The predicted octanol–water partition coefficient (Wildman–Crippen LogP) is 2.26. The van der Waals surface area contributed by atoms with Crippen molar-refractivity contribution in [1.29, 1.82) is 0 Å². The predicted molar refractivity (Wildman–Crippen MR) is 116 cm³/mol. The van der Waals surface area contributed by atoms with Crippen molar-refractivity contribution in [2.24, 2.45) is 0 Å². The molecule has 1 aliphatic carbocycles. The molecule has 0 aromatic heterocycles. The smallest absolute Gasteiger partial charge is 0.332 e. The van der Waals surface area contributed by atoms with E-state index in [4.69, 9.17) is 21.1 Å². The van der Waals surface area contributed by atoms with Crippen LogP contribution in [0.5, 0.6) is 0 Å². The third kappa shape index (κ3) is 4.63. The van der Waals surface area contributed by atoms with Gasteiger partial charge in [0.05, 0.1) is 24.5 Å². The van der Waals surface area contributed by atoms with Gasteiger partial charge in [0.25, 0.3) is 0 Å². The van der Waals surface area contributed by atoms with Gasteiger partial charge < -0.3 is 24.8 Å². The standard InChI is InChI=1S/C19H23BrClNO8S/c1-2-18(10-24)16(9-23)29-19(30-18)6-5-15(12(8-19)17(25)26)31(27,28)22-14-4-3-11(21)7-13(14)20/h3-4,7-8,15-16,22-24H,2,5-6,9-10H2,1H3,(H,25,26)/t15?,16-,18-,19?/m1/s1. The molecular formula is C19H23BrClNO8S. The van der Waals surface area contributed by atoms with Crippen LogP contribution in [0.1, 0.15) is 26.2 Å². The zero-order valence-electron chi connectivity index (χ0n) is 16.5. The summed E-state index contributed by atoms with van der Waals surface area (Å²) in [4.78, 5) is 12.0. The lowest BCUT2D eigenvalue weighted by Crippen LogP contribution is -2.46. The SMILES string of the molecule is CC[C@]1(CO)OC2(C=C(C(=O)O)C(S(=O)(=O)Nc3ccc(Cl)cc3Br)CC2)O[C@@H]1CO. The third-order valence-corrected chi connectivity index (χ3v) is 8.25. The number of nitrogens with one attached hydrogen (secondary N) is 1. The fourth-order valence-electron chi connectivity index (χ4n) is 3.91. The van der Waals surface area contributed by atoms with Crippen LogP contribution in [0.4, 0.5) is 5.69 Å². The molecular weight excluding hydrogens is 518 g/mol. The zero-order valence-corrected chi connectivity index (χ0v) is 19.7. The van der Waals surface area contributed by atoms with Gasteiger partial charge in [-0.15, -0.1) is 0 Å². The Bertz CT molecular complexity index is 997. The molecule has 172 valence electrons. The van der Waals surface area contributed by atoms with Crippen LogP contribution >= 0.6 is 27.5 Å². The Kier molecular flexibility index (Phi) is 7.07. The number of hydrogen-bond donors (Lipinski definition) is 4. The van der Waals surface area contributed by atoms with Gasteiger partial charge in [0, 0.05) is 15.9 Å². The van der Waals surface area contributed by atoms with Crippen molar-refractivity contribution in [2.75, 3.05) is 17.9 Å². The second-order valence-electron chi connectivity index (χ2n) is 7.48. The highest BCUT2D eigenvalue weighted by molar-refractivity contribution is 9.10. The van der Waals surface area contributed by atoms with Gasteiger partial charge in [-0.1, -0.05) is 18.5 Å². The van der Waals surface area contributed by atoms with E-state index in [1.807, 2.05) is 0 Å². The monoisotopic (exact) mass is 539 g/mol. The molecule has 1 aliphatic heterocycles. The lowest BCUT2D eigenvalue weighted by Gasteiger charge is -2.34. The summed E-state index contributed by atoms with van der Waals surface area (Å²) in [6.45, 7) is 0.855. The molecule has 1 aromatic carbocycles. The summed E-state index contributed by atoms with van der Waals surface area (Å²) in [5, 5.41) is 28.3. The molecule has 0 amide bonds. The summed E-state index contributed by atoms with van der Waals surface area (Å²) in [6, 6.07) is 4.48. The molecule has 12 heteroatoms. The van der Waals surface area contributed by atoms with E-state index >= 15 is 0 Å². The molecule has 31 heavy (non-hydrogen) atoms. The first-order chi connectivity index (χ1) is 14.5. The number of ether oxygens (including phenoxy) is 2. The van der Waals surface area contributed by atoms with E-state index in [-0.39, 0.29) is 18.5 Å². The molecule has 0 saturated carbocycles. The van der Waals surface area contributed by atoms with Crippen LogP contribution < -0.4 is 4.72 Å². The number of benzene rings is 1. The minimum atomic E-state index is -4.15. The Morgan fingerprint density at radius 2 is 2.10 bits per heavy atom. The number of hydrogen-bond acceptors (Lipinski definition) is 7. The van der Waals surface area contributed by atoms with E-state index in [2.05, 4.69) is 20.7 Å². The molecule has 4 N–H and O–H groups in total. The topological polar surface area (TPSA) is 142 Å². The zero-order chi connectivity index (χ0) is 23.0. The second kappa shape index (κ2) is 8.97. The molecule has 2 unspecified atom stereocenters. The first-order valence-corrected chi connectivity index (χ1v) is 12.3. The van der Waals surface area contributed by atoms with E-state index in [1.54, 1.807) is 6.92 Å². The van der Waals surface area contributed by atoms with Gasteiger partial charge in [0.2, 0.25) is 10.0 Å². The average Bonchev–Trinajstić information content (AvgIpc) is 3.03. The Morgan fingerprint density at radius 1 is 1.39 bits per heavy atom. The largest absolute Gasteiger partial charge is 0.478 e. The molecule has 1 saturated heterocycles. The lowest BCUT2D eigenvalue weighted by molar-refractivity contribution is -0.171. The number of aliphatic hydroxyl groups is 2. The number of aliphatic carboxylic acids is 1. The number of aliphatic hydroxyl groups excluding tert-OH is 2. The molecule has 2 aliphatic rings. The number of carboxylic acid groups (broad SMARTS) is 1. The average molecular weight is 541 g/mol. The molecule has 0 radical (unpaired) electrons. The number of carboxylic acids is 1. The lowest BCUT2D eigenvalue weighted by atomic mass is 9.93. The first kappa shape index (κ1) is 24.4. The highest BCUT2D eigenvalue weighted by atomic mass is 79.9. The highest BCUT2D eigenvalue weighted by Gasteiger charge is 2.57. The van der Waals surface area contributed by atoms with Gasteiger partial charge in [0.15, 0.2) is 5.79 Å². The third-order valence-electron chi connectivity index (χ3n) is 5.62. The van der Waals surface area contributed by atoms with Crippen LogP contribution in [-0.4, -0.2) is 65.7 Å². The quantitative estimate of drug-likeness (QED) is 0.413. The maximum absolute atomic E-state index is 13.0. The Hall–Kier alpha value is -1.21. The summed E-state index contributed by atoms with van der Waals surface area (Å²) in [6.07, 6.45) is 0.470. The van der Waals surface area contributed by atoms with Crippen molar-refractivity contribution >= 4 is 49.2 Å². The van der Waals surface area contributed by atoms with E-state index in [1.165, 1.54) is 18.2 Å². The van der Waals surface area contributed by atoms with Crippen LogP contribution in [0.25, 0.3) is 0 Å². The van der Waals surface area contributed by atoms with Crippen molar-refractivity contribution in [1.82, 2.24) is 0 Å². The summed E-state index contributed by atoms with van der Waals surface area (Å²) in [5.74, 6) is -2.98. The van der Waals surface area contributed by atoms with Gasteiger partial charge in [-0.25, -0.2) is 13.2 Å². The molecule has 9 nitrogen and oxygen atoms in total. The minimum Gasteiger partial charge on any atom is -0.478 e. The maximum Gasteiger partial charge on any atom is 0.332 e. The normalized spacial score (nSPS) is 30.9. The number of anilines is 1. The molecule has 0 bridgehead atoms. The van der Waals surface area contributed by atoms with Crippen molar-refractivity contribution < 1.29 is 38.0 Å². The van der Waals surface area contributed by atoms with Crippen LogP contribution in [-0.2, 0) is 24.3 Å². The summed E-state index contributed by atoms with van der Waals surface area (Å²) >= 11 is 9.11. The first-order valence-electron chi connectivity index (χ1n) is 9.54. The van der Waals surface area contributed by atoms with Gasteiger partial charge in [-0.3, -0.25) is 4.72 Å². The summed E-state index contributed by atoms with van der Waals surface area (Å²) in [7, 11) is -4.15. The molecule has 1 heterocycles. The highest BCUT2D eigenvalue weighted by Crippen LogP contribution is 2.46. The fraction of sp³-hybridized carbons (Fsp3) is 0.526. The molecule has 1 fully saturated rings. The fourth-order valence-corrected chi connectivity index (χ4v) is 6.38. The Labute approximate surface area is 193 Å². The van der Waals surface area contributed by atoms with Crippen LogP contribution in [0.15, 0.2) is 34.3 Å². The summed E-state index contributed by atoms with van der Waals surface area (Å²) in [5.41, 5.74) is -1.41. The molecule has 1 aromatic rings. The number of carbonyl (C=O) groups is 1. The Balaban J connectivity index is 1.95. The van der Waals surface area contributed by atoms with Crippen molar-refractivity contribution in [3.05, 3.63) is 39.3 Å². The van der Waals surface area contributed by atoms with E-state index in [0.29, 0.717) is 15.9 Å². The van der Waals surface area contributed by atoms with E-state index in [0.717, 1.165) is 6.08 Å². The molecule has 4 atom stereocenters. The van der Waals surface area contributed by atoms with Crippen molar-refractivity contribution in [2.45, 2.75) is 48.9 Å². The number of rotatable bonds is 7. The molecule has 3 rings (SSSR count). The number of halogens is 2. The minimum absolute atomic E-state index is 0.0232. The van der Waals surface area contributed by atoms with Crippen LogP contribution in [0.3, 0.4) is 0 Å². The van der Waals surface area contributed by atoms with Gasteiger partial charge in [-0.05, 0) is 53.0 Å². The van der Waals surface area contributed by atoms with Crippen molar-refractivity contribution in [3.8, 4) is 0 Å². The van der Waals surface area contributed by atoms with Gasteiger partial charge in [-0.2, -0.15) is 0 Å². The number of sulfonamides is 1. The summed E-state index contributed by atoms with van der Waals surface area (Å²) < 4.78 is 40.7. The Morgan fingerprint density at radius 3 is 2.61 bits per heavy atom. The van der Waals surface area contributed by atoms with Crippen LogP contribution in [0.2, 0.25) is 5.02 Å².